The van der Waals surface area contributed by atoms with E-state index in [9.17, 15) is 4.79 Å². The van der Waals surface area contributed by atoms with Gasteiger partial charge in [0.05, 0.1) is 22.8 Å². The largest absolute Gasteiger partial charge is 0.301 e. The molecule has 2 aromatic heterocycles. The van der Waals surface area contributed by atoms with Crippen LogP contribution in [0.25, 0.3) is 5.13 Å². The summed E-state index contributed by atoms with van der Waals surface area (Å²) >= 11 is 1.28. The number of H-pyrrole nitrogens is 1. The first-order valence-corrected chi connectivity index (χ1v) is 10.9. The summed E-state index contributed by atoms with van der Waals surface area (Å²) in [5, 5.41) is 21.2. The third-order valence-electron chi connectivity index (χ3n) is 4.75. The number of nitrogens with one attached hydrogen (secondary N) is 1. The Kier molecular flexibility index (Phi) is 5.91. The van der Waals surface area contributed by atoms with Gasteiger partial charge in [0.2, 0.25) is 5.13 Å². The van der Waals surface area contributed by atoms with Crippen molar-refractivity contribution in [1.82, 2.24) is 14.8 Å². The van der Waals surface area contributed by atoms with Gasteiger partial charge in [0, 0.05) is 0 Å². The van der Waals surface area contributed by atoms with Gasteiger partial charge in [0.1, 0.15) is 0 Å². The zero-order valence-electron chi connectivity index (χ0n) is 18.5. The van der Waals surface area contributed by atoms with Crippen LogP contribution < -0.4 is 5.56 Å². The lowest BCUT2D eigenvalue weighted by Gasteiger charge is -1.98. The monoisotopic (exact) mass is 445 g/mol. The molecule has 2 aromatic carbocycles. The van der Waals surface area contributed by atoms with Crippen LogP contribution >= 0.6 is 11.3 Å². The molecule has 1 N–H and O–H groups in total. The lowest BCUT2D eigenvalue weighted by atomic mass is 10.1. The van der Waals surface area contributed by atoms with Crippen LogP contribution in [0.2, 0.25) is 0 Å². The molecule has 0 spiro atoms. The lowest BCUT2D eigenvalue weighted by molar-refractivity contribution is 0.823. The van der Waals surface area contributed by atoms with Crippen LogP contribution in [-0.2, 0) is 0 Å². The van der Waals surface area contributed by atoms with E-state index < -0.39 is 0 Å². The Balaban J connectivity index is 1.62. The van der Waals surface area contributed by atoms with E-state index in [1.54, 1.807) is 6.92 Å². The van der Waals surface area contributed by atoms with Crippen LogP contribution in [0, 0.1) is 34.6 Å². The molecule has 2 heterocycles. The van der Waals surface area contributed by atoms with Gasteiger partial charge in [-0.15, -0.1) is 15.3 Å². The molecule has 9 heteroatoms. The van der Waals surface area contributed by atoms with Crippen LogP contribution in [0.1, 0.15) is 28.1 Å². The van der Waals surface area contributed by atoms with E-state index in [-0.39, 0.29) is 11.2 Å². The first-order valence-electron chi connectivity index (χ1n) is 10.1. The van der Waals surface area contributed by atoms with E-state index in [4.69, 9.17) is 0 Å². The number of azo groups is 2. The summed E-state index contributed by atoms with van der Waals surface area (Å²) in [6.07, 6.45) is 0. The van der Waals surface area contributed by atoms with Gasteiger partial charge in [-0.1, -0.05) is 35.1 Å². The van der Waals surface area contributed by atoms with Crippen molar-refractivity contribution in [3.8, 4) is 5.13 Å². The second-order valence-corrected chi connectivity index (χ2v) is 8.65. The van der Waals surface area contributed by atoms with Crippen LogP contribution in [0.3, 0.4) is 0 Å². The Morgan fingerprint density at radius 1 is 0.812 bits per heavy atom. The number of rotatable bonds is 5. The molecule has 0 aliphatic heterocycles. The van der Waals surface area contributed by atoms with E-state index in [2.05, 4.69) is 36.6 Å². The maximum Gasteiger partial charge on any atom is 0.301 e. The fourth-order valence-electron chi connectivity index (χ4n) is 3.18. The van der Waals surface area contributed by atoms with Crippen molar-refractivity contribution < 1.29 is 0 Å². The zero-order chi connectivity index (χ0) is 22.8. The summed E-state index contributed by atoms with van der Waals surface area (Å²) in [5.74, 6) is 0. The van der Waals surface area contributed by atoms with Gasteiger partial charge in [0.25, 0.3) is 0 Å². The Labute approximate surface area is 189 Å². The second-order valence-electron chi connectivity index (χ2n) is 7.69. The van der Waals surface area contributed by atoms with E-state index in [0.29, 0.717) is 27.2 Å². The SMILES string of the molecule is Cc1ccc(N=Nc2sc(-n3[nH]c(C)c(N=Nc4cc(C)cc(C)c4)c3=O)nc2C)cc1. The molecule has 8 nitrogen and oxygen atoms in total. The fourth-order valence-corrected chi connectivity index (χ4v) is 4.03. The molecule has 162 valence electrons. The average Bonchev–Trinajstić information content (AvgIpc) is 3.24. The zero-order valence-corrected chi connectivity index (χ0v) is 19.4. The molecule has 0 radical (unpaired) electrons. The minimum atomic E-state index is -0.314. The number of benzene rings is 2. The molecule has 0 fully saturated rings. The maximum atomic E-state index is 13.0. The van der Waals surface area contributed by atoms with Gasteiger partial charge < -0.3 is 0 Å². The highest BCUT2D eigenvalue weighted by Crippen LogP contribution is 2.31. The van der Waals surface area contributed by atoms with Crippen molar-refractivity contribution in [2.75, 3.05) is 0 Å². The lowest BCUT2D eigenvalue weighted by Crippen LogP contribution is -2.13. The number of hydrogen-bond acceptors (Lipinski definition) is 7. The molecule has 0 amide bonds. The summed E-state index contributed by atoms with van der Waals surface area (Å²) in [5.41, 5.74) is 6.04. The van der Waals surface area contributed by atoms with Gasteiger partial charge in [-0.3, -0.25) is 9.89 Å². The van der Waals surface area contributed by atoms with Crippen molar-refractivity contribution in [2.24, 2.45) is 20.5 Å². The molecular formula is C23H23N7OS. The summed E-state index contributed by atoms with van der Waals surface area (Å²) in [6.45, 7) is 9.64. The molecule has 0 atom stereocenters. The number of thiazole rings is 1. The quantitative estimate of drug-likeness (QED) is 0.335. The Bertz CT molecular complexity index is 1370. The van der Waals surface area contributed by atoms with E-state index in [0.717, 1.165) is 22.4 Å². The number of aryl methyl sites for hydroxylation is 5. The fraction of sp³-hybridized carbons (Fsp3) is 0.217. The highest BCUT2D eigenvalue weighted by Gasteiger charge is 2.16. The topological polar surface area (TPSA) is 100 Å². The van der Waals surface area contributed by atoms with Crippen LogP contribution in [0.15, 0.2) is 67.7 Å². The Hall–Kier alpha value is -3.72. The Morgan fingerprint density at radius 3 is 2.16 bits per heavy atom. The third-order valence-corrected chi connectivity index (χ3v) is 5.78. The first kappa shape index (κ1) is 21.5. The summed E-state index contributed by atoms with van der Waals surface area (Å²) < 4.78 is 1.37. The predicted octanol–water partition coefficient (Wildman–Crippen LogP) is 7.00. The van der Waals surface area contributed by atoms with E-state index in [1.807, 2.05) is 64.1 Å². The molecule has 4 aromatic rings. The summed E-state index contributed by atoms with van der Waals surface area (Å²) in [7, 11) is 0. The summed E-state index contributed by atoms with van der Waals surface area (Å²) in [6, 6.07) is 13.7. The molecule has 0 saturated heterocycles. The molecule has 4 rings (SSSR count). The molecule has 0 aliphatic carbocycles. The molecule has 0 unspecified atom stereocenters. The van der Waals surface area contributed by atoms with Crippen molar-refractivity contribution in [1.29, 1.82) is 0 Å². The normalized spacial score (nSPS) is 11.8. The molecule has 0 aliphatic rings. The van der Waals surface area contributed by atoms with Crippen LogP contribution in [0.5, 0.6) is 0 Å². The second kappa shape index (κ2) is 8.80. The van der Waals surface area contributed by atoms with Gasteiger partial charge in [-0.05, 0) is 70.0 Å². The average molecular weight is 446 g/mol. The van der Waals surface area contributed by atoms with Crippen LogP contribution in [0.4, 0.5) is 22.1 Å². The molecular weight excluding hydrogens is 422 g/mol. The van der Waals surface area contributed by atoms with E-state index in [1.165, 1.54) is 16.0 Å². The van der Waals surface area contributed by atoms with Crippen molar-refractivity contribution in [2.45, 2.75) is 34.6 Å². The number of aromatic amines is 1. The first-order chi connectivity index (χ1) is 15.3. The number of nitrogens with zero attached hydrogens (tertiary/aromatic N) is 6. The molecule has 32 heavy (non-hydrogen) atoms. The van der Waals surface area contributed by atoms with Crippen LogP contribution in [-0.4, -0.2) is 14.8 Å². The highest BCUT2D eigenvalue weighted by molar-refractivity contribution is 7.17. The summed E-state index contributed by atoms with van der Waals surface area (Å²) in [4.78, 5) is 17.5. The molecule has 0 bridgehead atoms. The van der Waals surface area contributed by atoms with Crippen molar-refractivity contribution in [3.05, 3.63) is 80.9 Å². The van der Waals surface area contributed by atoms with Crippen molar-refractivity contribution >= 4 is 33.4 Å². The predicted molar refractivity (Wildman–Crippen MR) is 127 cm³/mol. The Morgan fingerprint density at radius 2 is 1.47 bits per heavy atom. The van der Waals surface area contributed by atoms with Crippen molar-refractivity contribution in [3.63, 3.8) is 0 Å². The highest BCUT2D eigenvalue weighted by atomic mass is 32.1. The van der Waals surface area contributed by atoms with E-state index >= 15 is 0 Å². The standard InChI is InChI=1S/C23H23N7OS/c1-13-6-8-18(9-7-13)25-28-21-17(5)24-23(32-21)30-22(31)20(16(4)29-30)27-26-19-11-14(2)10-15(3)12-19/h6-12,29H,1-5H3. The number of aromatic nitrogens is 3. The smallest absolute Gasteiger partial charge is 0.291 e. The third kappa shape index (κ3) is 4.62. The molecule has 0 saturated carbocycles. The minimum Gasteiger partial charge on any atom is -0.291 e. The van der Waals surface area contributed by atoms with Gasteiger partial charge in [-0.25, -0.2) is 4.98 Å². The minimum absolute atomic E-state index is 0.250. The van der Waals surface area contributed by atoms with Gasteiger partial charge in [-0.2, -0.15) is 9.80 Å². The maximum absolute atomic E-state index is 13.0. The number of hydrogen-bond donors (Lipinski definition) is 1. The van der Waals surface area contributed by atoms with Gasteiger partial charge >= 0.3 is 5.56 Å². The van der Waals surface area contributed by atoms with Gasteiger partial charge in [0.15, 0.2) is 10.7 Å².